The molecule has 1 aromatic rings. The Kier molecular flexibility index (Phi) is 3.60. The summed E-state index contributed by atoms with van der Waals surface area (Å²) in [5, 5.41) is 18.8. The number of aliphatic hydroxyl groups excluding tert-OH is 1. The van der Waals surface area contributed by atoms with Gasteiger partial charge in [0.1, 0.15) is 5.60 Å². The van der Waals surface area contributed by atoms with Gasteiger partial charge in [-0.15, -0.1) is 6.42 Å². The summed E-state index contributed by atoms with van der Waals surface area (Å²) < 4.78 is 25.6. The molecule has 1 saturated heterocycles. The molecule has 2 N–H and O–H groups in total. The topological polar surface area (TPSA) is 90.7 Å². The Labute approximate surface area is 111 Å². The number of hydrogen-bond donors (Lipinski definition) is 2. The van der Waals surface area contributed by atoms with Gasteiger partial charge in [0, 0.05) is 24.8 Å². The molecule has 0 saturated carbocycles. The van der Waals surface area contributed by atoms with Crippen molar-refractivity contribution in [2.45, 2.75) is 17.0 Å². The van der Waals surface area contributed by atoms with Gasteiger partial charge >= 0.3 is 0 Å². The first kappa shape index (κ1) is 14.0. The number of nitrogens with zero attached hydrogens (tertiary/aromatic N) is 2. The Morgan fingerprint density at radius 1 is 1.53 bits per heavy atom. The largest absolute Gasteiger partial charge is 0.393 e. The minimum absolute atomic E-state index is 0.117. The zero-order valence-electron chi connectivity index (χ0n) is 10.2. The van der Waals surface area contributed by atoms with Gasteiger partial charge in [-0.1, -0.05) is 5.92 Å². The predicted octanol–water partition coefficient (Wildman–Crippen LogP) is -0.819. The van der Waals surface area contributed by atoms with Crippen LogP contribution in [0.15, 0.2) is 23.4 Å². The molecule has 102 valence electrons. The Bertz CT molecular complexity index is 606. The Morgan fingerprint density at radius 3 is 2.74 bits per heavy atom. The van der Waals surface area contributed by atoms with E-state index in [2.05, 4.69) is 10.9 Å². The van der Waals surface area contributed by atoms with Gasteiger partial charge in [0.05, 0.1) is 6.61 Å². The van der Waals surface area contributed by atoms with E-state index in [-0.39, 0.29) is 24.5 Å². The van der Waals surface area contributed by atoms with E-state index < -0.39 is 22.2 Å². The van der Waals surface area contributed by atoms with Gasteiger partial charge in [0.15, 0.2) is 5.03 Å². The van der Waals surface area contributed by atoms with Crippen LogP contribution in [-0.4, -0.2) is 53.2 Å². The monoisotopic (exact) mass is 282 g/mol. The number of β-amino-alcohol motifs (C(OH)–C–C–N with tert-alkyl or cyclic N) is 1. The van der Waals surface area contributed by atoms with Crippen molar-refractivity contribution in [1.82, 2.24) is 9.29 Å². The van der Waals surface area contributed by atoms with Crippen LogP contribution < -0.4 is 0 Å². The van der Waals surface area contributed by atoms with Gasteiger partial charge < -0.3 is 10.2 Å². The van der Waals surface area contributed by atoms with Gasteiger partial charge in [-0.05, 0) is 18.6 Å². The van der Waals surface area contributed by atoms with Crippen molar-refractivity contribution in [3.05, 3.63) is 23.9 Å². The minimum Gasteiger partial charge on any atom is -0.393 e. The number of aliphatic hydroxyl groups is 2. The van der Waals surface area contributed by atoms with Crippen molar-refractivity contribution in [2.24, 2.45) is 0 Å². The molecule has 1 aromatic heterocycles. The molecule has 1 fully saturated rings. The lowest BCUT2D eigenvalue weighted by molar-refractivity contribution is -0.000743. The Morgan fingerprint density at radius 2 is 2.26 bits per heavy atom. The average Bonchev–Trinajstić information content (AvgIpc) is 2.83. The number of terminal acetylenes is 1. The van der Waals surface area contributed by atoms with Crippen molar-refractivity contribution in [2.75, 3.05) is 19.7 Å². The summed E-state index contributed by atoms with van der Waals surface area (Å²) in [6.07, 6.45) is 6.68. The first-order valence-corrected chi connectivity index (χ1v) is 7.11. The van der Waals surface area contributed by atoms with Gasteiger partial charge in [0.2, 0.25) is 0 Å². The SMILES string of the molecule is C#Cc1ccc(S(=O)(=O)N2CCC(O)(CO)C2)nc1. The maximum absolute atomic E-state index is 12.3. The molecule has 1 atom stereocenters. The summed E-state index contributed by atoms with van der Waals surface area (Å²) in [7, 11) is -3.76. The number of pyridine rings is 1. The fourth-order valence-electron chi connectivity index (χ4n) is 1.90. The summed E-state index contributed by atoms with van der Waals surface area (Å²) in [6, 6.07) is 2.83. The highest BCUT2D eigenvalue weighted by Gasteiger charge is 2.41. The van der Waals surface area contributed by atoms with E-state index >= 15 is 0 Å². The maximum Gasteiger partial charge on any atom is 0.260 e. The Hall–Kier alpha value is -1.46. The molecule has 19 heavy (non-hydrogen) atoms. The second-order valence-electron chi connectivity index (χ2n) is 4.50. The molecule has 1 aliphatic heterocycles. The van der Waals surface area contributed by atoms with E-state index in [1.807, 2.05) is 0 Å². The zero-order valence-corrected chi connectivity index (χ0v) is 11.0. The lowest BCUT2D eigenvalue weighted by Gasteiger charge is -2.20. The van der Waals surface area contributed by atoms with E-state index in [1.165, 1.54) is 18.3 Å². The number of aromatic nitrogens is 1. The van der Waals surface area contributed by atoms with Crippen LogP contribution in [0.2, 0.25) is 0 Å². The van der Waals surface area contributed by atoms with Gasteiger partial charge in [-0.2, -0.15) is 4.31 Å². The van der Waals surface area contributed by atoms with E-state index in [9.17, 15) is 13.5 Å². The highest BCUT2D eigenvalue weighted by atomic mass is 32.2. The lowest BCUT2D eigenvalue weighted by atomic mass is 10.1. The van der Waals surface area contributed by atoms with E-state index in [0.29, 0.717) is 5.56 Å². The number of hydrogen-bond acceptors (Lipinski definition) is 5. The van der Waals surface area contributed by atoms with Crippen LogP contribution in [0.3, 0.4) is 0 Å². The van der Waals surface area contributed by atoms with Crippen LogP contribution in [0.5, 0.6) is 0 Å². The first-order valence-electron chi connectivity index (χ1n) is 5.67. The van der Waals surface area contributed by atoms with Crippen molar-refractivity contribution < 1.29 is 18.6 Å². The summed E-state index contributed by atoms with van der Waals surface area (Å²) in [6.45, 7) is -0.454. The minimum atomic E-state index is -3.76. The molecule has 0 spiro atoms. The van der Waals surface area contributed by atoms with Gasteiger partial charge in [-0.25, -0.2) is 13.4 Å². The highest BCUT2D eigenvalue weighted by Crippen LogP contribution is 2.26. The Balaban J connectivity index is 2.26. The molecule has 1 aliphatic rings. The zero-order chi connectivity index (χ0) is 14.1. The molecule has 0 aliphatic carbocycles. The van der Waals surface area contributed by atoms with Crippen molar-refractivity contribution in [3.8, 4) is 12.3 Å². The van der Waals surface area contributed by atoms with E-state index in [1.54, 1.807) is 0 Å². The molecule has 2 rings (SSSR count). The van der Waals surface area contributed by atoms with Crippen molar-refractivity contribution >= 4 is 10.0 Å². The fraction of sp³-hybridized carbons (Fsp3) is 0.417. The standard InChI is InChI=1S/C12H14N2O4S/c1-2-10-3-4-11(13-7-10)19(17,18)14-6-5-12(16,8-14)9-15/h1,3-4,7,15-16H,5-6,8-9H2. The van der Waals surface area contributed by atoms with Gasteiger partial charge in [0.25, 0.3) is 10.0 Å². The van der Waals surface area contributed by atoms with E-state index in [4.69, 9.17) is 11.5 Å². The molecular weight excluding hydrogens is 268 g/mol. The van der Waals surface area contributed by atoms with Crippen molar-refractivity contribution in [1.29, 1.82) is 0 Å². The smallest absolute Gasteiger partial charge is 0.260 e. The van der Waals surface area contributed by atoms with Crippen LogP contribution in [0.25, 0.3) is 0 Å². The molecular formula is C12H14N2O4S. The van der Waals surface area contributed by atoms with E-state index in [0.717, 1.165) is 4.31 Å². The fourth-order valence-corrected chi connectivity index (χ4v) is 3.34. The third kappa shape index (κ3) is 2.62. The number of sulfonamides is 1. The molecule has 0 radical (unpaired) electrons. The lowest BCUT2D eigenvalue weighted by Crippen LogP contribution is -2.38. The summed E-state index contributed by atoms with van der Waals surface area (Å²) in [4.78, 5) is 3.82. The quantitative estimate of drug-likeness (QED) is 0.707. The normalized spacial score (nSPS) is 24.3. The summed E-state index contributed by atoms with van der Waals surface area (Å²) >= 11 is 0. The van der Waals surface area contributed by atoms with Crippen molar-refractivity contribution in [3.63, 3.8) is 0 Å². The molecule has 0 aromatic carbocycles. The van der Waals surface area contributed by atoms with Crippen LogP contribution in [-0.2, 0) is 10.0 Å². The number of rotatable bonds is 3. The molecule has 7 heteroatoms. The highest BCUT2D eigenvalue weighted by molar-refractivity contribution is 7.89. The molecule has 6 nitrogen and oxygen atoms in total. The van der Waals surface area contributed by atoms with Crippen LogP contribution in [0, 0.1) is 12.3 Å². The summed E-state index contributed by atoms with van der Waals surface area (Å²) in [5.74, 6) is 2.35. The maximum atomic E-state index is 12.3. The third-order valence-electron chi connectivity index (χ3n) is 3.10. The van der Waals surface area contributed by atoms with Crippen LogP contribution in [0.4, 0.5) is 0 Å². The van der Waals surface area contributed by atoms with Gasteiger partial charge in [-0.3, -0.25) is 0 Å². The molecule has 0 bridgehead atoms. The first-order chi connectivity index (χ1) is 8.91. The second kappa shape index (κ2) is 4.90. The molecule has 1 unspecified atom stereocenters. The predicted molar refractivity (Wildman–Crippen MR) is 67.6 cm³/mol. The second-order valence-corrected chi connectivity index (χ2v) is 6.39. The van der Waals surface area contributed by atoms with Crippen LogP contribution in [0.1, 0.15) is 12.0 Å². The molecule has 2 heterocycles. The summed E-state index contributed by atoms with van der Waals surface area (Å²) in [5.41, 5.74) is -0.876. The average molecular weight is 282 g/mol. The third-order valence-corrected chi connectivity index (χ3v) is 4.86. The molecule has 0 amide bonds. The van der Waals surface area contributed by atoms with Crippen LogP contribution >= 0.6 is 0 Å².